The first-order valence-electron chi connectivity index (χ1n) is 8.53. The Labute approximate surface area is 159 Å². The number of furan rings is 1. The minimum atomic E-state index is -0.453. The van der Waals surface area contributed by atoms with Crippen LogP contribution < -0.4 is 10.6 Å². The largest absolute Gasteiger partial charge is 0.465 e. The minimum Gasteiger partial charge on any atom is -0.465 e. The number of nitrogens with zero attached hydrogens (tertiary/aromatic N) is 2. The molecule has 0 radical (unpaired) electrons. The Kier molecular flexibility index (Phi) is 6.20. The standard InChI is InChI=1S/C17H20N4O5S/c1-2-25-15(23)8-18-14(22)10-21-6-5-11-13(9-21)27-17(19-11)20-16(24)12-4-3-7-26-12/h3-4,7H,2,5-6,8-10H2,1H3,(H,18,22)(H,19,20,24). The second kappa shape index (κ2) is 8.78. The van der Waals surface area contributed by atoms with Crippen molar-refractivity contribution in [2.45, 2.75) is 19.9 Å². The van der Waals surface area contributed by atoms with Gasteiger partial charge in [-0.25, -0.2) is 4.98 Å². The van der Waals surface area contributed by atoms with Crippen LogP contribution in [0.4, 0.5) is 5.13 Å². The fraction of sp³-hybridized carbons (Fsp3) is 0.412. The molecule has 0 bridgehead atoms. The Balaban J connectivity index is 1.51. The highest BCUT2D eigenvalue weighted by Crippen LogP contribution is 2.28. The number of hydrogen-bond donors (Lipinski definition) is 2. The lowest BCUT2D eigenvalue weighted by Crippen LogP contribution is -2.41. The van der Waals surface area contributed by atoms with Crippen molar-refractivity contribution < 1.29 is 23.5 Å². The third-order valence-corrected chi connectivity index (χ3v) is 4.88. The maximum absolute atomic E-state index is 12.0. The van der Waals surface area contributed by atoms with E-state index >= 15 is 0 Å². The van der Waals surface area contributed by atoms with Gasteiger partial charge in [0.1, 0.15) is 6.54 Å². The van der Waals surface area contributed by atoms with Gasteiger partial charge in [0.15, 0.2) is 10.9 Å². The minimum absolute atomic E-state index is 0.130. The number of amides is 2. The van der Waals surface area contributed by atoms with Gasteiger partial charge in [-0.15, -0.1) is 11.3 Å². The van der Waals surface area contributed by atoms with Gasteiger partial charge in [-0.2, -0.15) is 0 Å². The third-order valence-electron chi connectivity index (χ3n) is 3.88. The normalized spacial score (nSPS) is 13.7. The van der Waals surface area contributed by atoms with Crippen LogP contribution in [0.3, 0.4) is 0 Å². The zero-order chi connectivity index (χ0) is 19.2. The molecule has 1 aliphatic rings. The van der Waals surface area contributed by atoms with Crippen molar-refractivity contribution >= 4 is 34.3 Å². The first-order chi connectivity index (χ1) is 13.0. The Morgan fingerprint density at radius 2 is 2.26 bits per heavy atom. The lowest BCUT2D eigenvalue weighted by Gasteiger charge is -2.24. The van der Waals surface area contributed by atoms with E-state index in [1.807, 2.05) is 4.90 Å². The van der Waals surface area contributed by atoms with Crippen LogP contribution in [-0.2, 0) is 27.3 Å². The van der Waals surface area contributed by atoms with Crippen LogP contribution in [0.2, 0.25) is 0 Å². The summed E-state index contributed by atoms with van der Waals surface area (Å²) in [6.07, 6.45) is 2.13. The van der Waals surface area contributed by atoms with Crippen molar-refractivity contribution in [3.63, 3.8) is 0 Å². The van der Waals surface area contributed by atoms with Crippen LogP contribution in [0.15, 0.2) is 22.8 Å². The van der Waals surface area contributed by atoms with Gasteiger partial charge in [0.05, 0.1) is 25.1 Å². The molecular formula is C17H20N4O5S. The number of aromatic nitrogens is 1. The van der Waals surface area contributed by atoms with Crippen molar-refractivity contribution in [2.75, 3.05) is 31.6 Å². The molecule has 0 atom stereocenters. The predicted molar refractivity (Wildman–Crippen MR) is 97.4 cm³/mol. The Hall–Kier alpha value is -2.72. The molecule has 0 spiro atoms. The quantitative estimate of drug-likeness (QED) is 0.677. The fourth-order valence-corrected chi connectivity index (χ4v) is 3.69. The van der Waals surface area contributed by atoms with Crippen LogP contribution in [-0.4, -0.2) is 53.9 Å². The molecule has 3 heterocycles. The summed E-state index contributed by atoms with van der Waals surface area (Å²) in [4.78, 5) is 42.7. The van der Waals surface area contributed by atoms with Gasteiger partial charge >= 0.3 is 5.97 Å². The summed E-state index contributed by atoms with van der Waals surface area (Å²) in [6.45, 7) is 3.30. The Morgan fingerprint density at radius 3 is 3.00 bits per heavy atom. The Bertz CT molecular complexity index is 817. The predicted octanol–water partition coefficient (Wildman–Crippen LogP) is 1.03. The average Bonchev–Trinajstić information content (AvgIpc) is 3.29. The van der Waals surface area contributed by atoms with Crippen molar-refractivity contribution in [1.29, 1.82) is 0 Å². The van der Waals surface area contributed by atoms with Crippen molar-refractivity contribution in [1.82, 2.24) is 15.2 Å². The molecule has 144 valence electrons. The molecule has 10 heteroatoms. The average molecular weight is 392 g/mol. The molecule has 0 fully saturated rings. The molecule has 0 aliphatic carbocycles. The molecule has 0 saturated heterocycles. The maximum Gasteiger partial charge on any atom is 0.325 e. The van der Waals surface area contributed by atoms with E-state index in [9.17, 15) is 14.4 Å². The van der Waals surface area contributed by atoms with Crippen molar-refractivity contribution in [3.8, 4) is 0 Å². The molecule has 0 saturated carbocycles. The van der Waals surface area contributed by atoms with E-state index < -0.39 is 5.97 Å². The van der Waals surface area contributed by atoms with Crippen LogP contribution in [0, 0.1) is 0 Å². The van der Waals surface area contributed by atoms with E-state index in [0.717, 1.165) is 10.6 Å². The van der Waals surface area contributed by atoms with Gasteiger partial charge in [-0.1, -0.05) is 0 Å². The summed E-state index contributed by atoms with van der Waals surface area (Å²) < 4.78 is 9.84. The smallest absolute Gasteiger partial charge is 0.325 e. The SMILES string of the molecule is CCOC(=O)CNC(=O)CN1CCc2nc(NC(=O)c3ccco3)sc2C1. The van der Waals surface area contributed by atoms with Gasteiger partial charge in [-0.05, 0) is 19.1 Å². The lowest BCUT2D eigenvalue weighted by molar-refractivity contribution is -0.143. The van der Waals surface area contributed by atoms with Crippen molar-refractivity contribution in [2.24, 2.45) is 0 Å². The number of esters is 1. The number of carbonyl (C=O) groups excluding carboxylic acids is 3. The highest BCUT2D eigenvalue weighted by Gasteiger charge is 2.23. The summed E-state index contributed by atoms with van der Waals surface area (Å²) in [6, 6.07) is 3.23. The summed E-state index contributed by atoms with van der Waals surface area (Å²) in [7, 11) is 0. The molecular weight excluding hydrogens is 372 g/mol. The summed E-state index contributed by atoms with van der Waals surface area (Å²) in [5.74, 6) is -0.807. The topological polar surface area (TPSA) is 114 Å². The van der Waals surface area contributed by atoms with Crippen molar-refractivity contribution in [3.05, 3.63) is 34.7 Å². The highest BCUT2D eigenvalue weighted by molar-refractivity contribution is 7.15. The fourth-order valence-electron chi connectivity index (χ4n) is 2.65. The molecule has 0 unspecified atom stereocenters. The van der Waals surface area contributed by atoms with Crippen LogP contribution in [0.1, 0.15) is 28.0 Å². The lowest BCUT2D eigenvalue weighted by atomic mass is 10.2. The number of thiazole rings is 1. The van der Waals surface area contributed by atoms with E-state index in [2.05, 4.69) is 15.6 Å². The second-order valence-electron chi connectivity index (χ2n) is 5.86. The number of hydrogen-bond acceptors (Lipinski definition) is 8. The number of nitrogens with one attached hydrogen (secondary N) is 2. The molecule has 27 heavy (non-hydrogen) atoms. The number of ether oxygens (including phenoxy) is 1. The zero-order valence-corrected chi connectivity index (χ0v) is 15.6. The number of rotatable bonds is 7. The number of fused-ring (bicyclic) bond motifs is 1. The monoisotopic (exact) mass is 392 g/mol. The summed E-state index contributed by atoms with van der Waals surface area (Å²) >= 11 is 1.38. The molecule has 0 aromatic carbocycles. The van der Waals surface area contributed by atoms with E-state index in [1.165, 1.54) is 17.6 Å². The van der Waals surface area contributed by atoms with E-state index in [1.54, 1.807) is 19.1 Å². The summed E-state index contributed by atoms with van der Waals surface area (Å²) in [5.41, 5.74) is 0.929. The van der Waals surface area contributed by atoms with E-state index in [4.69, 9.17) is 9.15 Å². The highest BCUT2D eigenvalue weighted by atomic mass is 32.1. The van der Waals surface area contributed by atoms with Crippen LogP contribution in [0.25, 0.3) is 0 Å². The first kappa shape index (κ1) is 19.1. The molecule has 2 amide bonds. The maximum atomic E-state index is 12.0. The Morgan fingerprint density at radius 1 is 1.41 bits per heavy atom. The number of carbonyl (C=O) groups is 3. The first-order valence-corrected chi connectivity index (χ1v) is 9.35. The molecule has 2 N–H and O–H groups in total. The second-order valence-corrected chi connectivity index (χ2v) is 6.95. The molecule has 2 aromatic heterocycles. The van der Waals surface area contributed by atoms with Gasteiger partial charge in [0.25, 0.3) is 5.91 Å². The van der Waals surface area contributed by atoms with Gasteiger partial charge < -0.3 is 14.5 Å². The van der Waals surface area contributed by atoms with Gasteiger partial charge in [-0.3, -0.25) is 24.6 Å². The number of anilines is 1. The molecule has 9 nitrogen and oxygen atoms in total. The molecule has 2 aromatic rings. The zero-order valence-electron chi connectivity index (χ0n) is 14.8. The van der Waals surface area contributed by atoms with Gasteiger partial charge in [0, 0.05) is 24.4 Å². The third kappa shape index (κ3) is 5.14. The summed E-state index contributed by atoms with van der Waals surface area (Å²) in [5, 5.41) is 5.79. The molecule has 3 rings (SSSR count). The van der Waals surface area contributed by atoms with Gasteiger partial charge in [0.2, 0.25) is 5.91 Å². The van der Waals surface area contributed by atoms with E-state index in [0.29, 0.717) is 24.6 Å². The van der Waals surface area contributed by atoms with Crippen LogP contribution in [0.5, 0.6) is 0 Å². The molecule has 1 aliphatic heterocycles. The van der Waals surface area contributed by atoms with Crippen LogP contribution >= 0.6 is 11.3 Å². The van der Waals surface area contributed by atoms with E-state index in [-0.39, 0.29) is 37.3 Å².